The molecular formula is C16H16F3NO3. The van der Waals surface area contributed by atoms with Crippen molar-refractivity contribution >= 4 is 11.9 Å². The van der Waals surface area contributed by atoms with E-state index in [1.165, 1.54) is 0 Å². The summed E-state index contributed by atoms with van der Waals surface area (Å²) < 4.78 is 43.9. The molecule has 4 nitrogen and oxygen atoms in total. The predicted molar refractivity (Wildman–Crippen MR) is 74.4 cm³/mol. The molecule has 1 aliphatic carbocycles. The molecule has 0 N–H and O–H groups in total. The van der Waals surface area contributed by atoms with E-state index in [0.717, 1.165) is 12.7 Å². The molecule has 1 aromatic carbocycles. The smallest absolute Gasteiger partial charge is 0.467 e. The lowest BCUT2D eigenvalue weighted by molar-refractivity contribution is -0.199. The van der Waals surface area contributed by atoms with Crippen LogP contribution in [0.3, 0.4) is 0 Å². The van der Waals surface area contributed by atoms with E-state index in [2.05, 4.69) is 4.74 Å². The van der Waals surface area contributed by atoms with E-state index in [1.807, 2.05) is 6.07 Å². The summed E-state index contributed by atoms with van der Waals surface area (Å²) in [6, 6.07) is 5.06. The highest BCUT2D eigenvalue weighted by Crippen LogP contribution is 2.54. The minimum atomic E-state index is -5.03. The zero-order valence-electron chi connectivity index (χ0n) is 12.6. The average Bonchev–Trinajstić information content (AvgIpc) is 2.52. The van der Waals surface area contributed by atoms with Gasteiger partial charge in [-0.05, 0) is 23.5 Å². The molecule has 23 heavy (non-hydrogen) atoms. The largest absolute Gasteiger partial charge is 0.471 e. The summed E-state index contributed by atoms with van der Waals surface area (Å²) in [5.41, 5.74) is 1.52. The molecule has 2 bridgehead atoms. The third-order valence-electron chi connectivity index (χ3n) is 4.78. The van der Waals surface area contributed by atoms with Crippen molar-refractivity contribution in [3.05, 3.63) is 35.4 Å². The quantitative estimate of drug-likeness (QED) is 0.745. The molecule has 3 aliphatic rings. The standard InChI is InChI=1S/C16H16F3NO3/c1-8-7-11-9-5-3-4-6-10(9)12(8)20(13(11)14(21)23-2)15(22)16(17,18)19/h3-6,8,11-13H,7H2,1-2H3/t8-,11+,12-,13+/m1/s1. The Hall–Kier alpha value is -2.05. The Balaban J connectivity index is 2.17. The van der Waals surface area contributed by atoms with Crippen LogP contribution in [0.25, 0.3) is 0 Å². The number of benzene rings is 1. The Morgan fingerprint density at radius 3 is 2.39 bits per heavy atom. The number of carbonyl (C=O) groups is 2. The van der Waals surface area contributed by atoms with Crippen LogP contribution in [0.2, 0.25) is 0 Å². The lowest BCUT2D eigenvalue weighted by atomic mass is 9.66. The predicted octanol–water partition coefficient (Wildman–Crippen LogP) is 2.80. The fourth-order valence-electron chi connectivity index (χ4n) is 3.97. The molecule has 0 aromatic heterocycles. The van der Waals surface area contributed by atoms with Crippen molar-refractivity contribution < 1.29 is 27.5 Å². The summed E-state index contributed by atoms with van der Waals surface area (Å²) in [6.07, 6.45) is -4.48. The number of rotatable bonds is 1. The first-order valence-corrected chi connectivity index (χ1v) is 7.33. The van der Waals surface area contributed by atoms with Crippen molar-refractivity contribution in [2.75, 3.05) is 7.11 Å². The number of piperidine rings is 1. The van der Waals surface area contributed by atoms with Crippen LogP contribution in [0, 0.1) is 5.92 Å². The first kappa shape index (κ1) is 15.8. The van der Waals surface area contributed by atoms with Gasteiger partial charge >= 0.3 is 18.1 Å². The fraction of sp³-hybridized carbons (Fsp3) is 0.500. The van der Waals surface area contributed by atoms with Gasteiger partial charge in [-0.25, -0.2) is 4.79 Å². The molecule has 0 radical (unpaired) electrons. The van der Waals surface area contributed by atoms with Crippen molar-refractivity contribution in [3.8, 4) is 0 Å². The number of alkyl halides is 3. The van der Waals surface area contributed by atoms with Crippen LogP contribution in [0.15, 0.2) is 24.3 Å². The first-order chi connectivity index (χ1) is 10.8. The topological polar surface area (TPSA) is 46.6 Å². The zero-order chi connectivity index (χ0) is 16.9. The number of halogens is 3. The van der Waals surface area contributed by atoms with Gasteiger partial charge in [0.1, 0.15) is 6.04 Å². The number of methoxy groups -OCH3 is 1. The van der Waals surface area contributed by atoms with Gasteiger partial charge in [-0.3, -0.25) is 4.79 Å². The average molecular weight is 327 g/mol. The van der Waals surface area contributed by atoms with Crippen LogP contribution in [0.5, 0.6) is 0 Å². The van der Waals surface area contributed by atoms with Gasteiger partial charge in [0.05, 0.1) is 13.2 Å². The van der Waals surface area contributed by atoms with Crippen molar-refractivity contribution in [1.82, 2.24) is 4.90 Å². The van der Waals surface area contributed by atoms with E-state index in [0.29, 0.717) is 16.9 Å². The van der Waals surface area contributed by atoms with Gasteiger partial charge in [-0.1, -0.05) is 31.2 Å². The van der Waals surface area contributed by atoms with Crippen LogP contribution < -0.4 is 0 Å². The number of ether oxygens (including phenoxy) is 1. The fourth-order valence-corrected chi connectivity index (χ4v) is 3.97. The van der Waals surface area contributed by atoms with Crippen LogP contribution in [-0.2, 0) is 14.3 Å². The maximum Gasteiger partial charge on any atom is 0.471 e. The lowest BCUT2D eigenvalue weighted by Crippen LogP contribution is -2.61. The number of esters is 1. The van der Waals surface area contributed by atoms with Crippen molar-refractivity contribution in [2.24, 2.45) is 5.92 Å². The summed E-state index contributed by atoms with van der Waals surface area (Å²) in [7, 11) is 1.12. The molecule has 1 amide bonds. The molecule has 4 rings (SSSR count). The molecule has 7 heteroatoms. The molecule has 2 aliphatic heterocycles. The Morgan fingerprint density at radius 2 is 1.83 bits per heavy atom. The first-order valence-electron chi connectivity index (χ1n) is 7.33. The second kappa shape index (κ2) is 5.25. The highest BCUT2D eigenvalue weighted by molar-refractivity contribution is 5.90. The van der Waals surface area contributed by atoms with Gasteiger partial charge in [0.25, 0.3) is 0 Å². The van der Waals surface area contributed by atoms with Crippen LogP contribution in [0.4, 0.5) is 13.2 Å². The van der Waals surface area contributed by atoms with Gasteiger partial charge < -0.3 is 9.64 Å². The molecular weight excluding hydrogens is 311 g/mol. The molecule has 1 fully saturated rings. The lowest BCUT2D eigenvalue weighted by Gasteiger charge is -2.53. The van der Waals surface area contributed by atoms with Gasteiger partial charge in [0.2, 0.25) is 0 Å². The third kappa shape index (κ3) is 2.29. The molecule has 1 saturated heterocycles. The summed E-state index contributed by atoms with van der Waals surface area (Å²) >= 11 is 0. The molecule has 2 heterocycles. The Kier molecular flexibility index (Phi) is 3.61. The number of amides is 1. The van der Waals surface area contributed by atoms with E-state index in [-0.39, 0.29) is 5.92 Å². The molecule has 4 atom stereocenters. The zero-order valence-corrected chi connectivity index (χ0v) is 12.6. The summed E-state index contributed by atoms with van der Waals surface area (Å²) in [5, 5.41) is 0. The second-order valence-electron chi connectivity index (χ2n) is 6.07. The minimum Gasteiger partial charge on any atom is -0.467 e. The van der Waals surface area contributed by atoms with Crippen molar-refractivity contribution in [1.29, 1.82) is 0 Å². The molecule has 0 unspecified atom stereocenters. The Morgan fingerprint density at radius 1 is 1.22 bits per heavy atom. The third-order valence-corrected chi connectivity index (χ3v) is 4.78. The normalized spacial score (nSPS) is 29.2. The minimum absolute atomic E-state index is 0.165. The highest BCUT2D eigenvalue weighted by Gasteiger charge is 2.58. The second-order valence-corrected chi connectivity index (χ2v) is 6.07. The summed E-state index contributed by atoms with van der Waals surface area (Å²) in [6.45, 7) is 1.80. The van der Waals surface area contributed by atoms with Gasteiger partial charge in [-0.2, -0.15) is 13.2 Å². The van der Waals surface area contributed by atoms with E-state index in [4.69, 9.17) is 0 Å². The van der Waals surface area contributed by atoms with Crippen LogP contribution >= 0.6 is 0 Å². The highest BCUT2D eigenvalue weighted by atomic mass is 19.4. The maximum absolute atomic E-state index is 13.1. The number of carbonyl (C=O) groups excluding carboxylic acids is 2. The Labute approximate surface area is 131 Å². The van der Waals surface area contributed by atoms with E-state index in [9.17, 15) is 22.8 Å². The molecule has 0 spiro atoms. The van der Waals surface area contributed by atoms with E-state index < -0.39 is 36.1 Å². The van der Waals surface area contributed by atoms with E-state index >= 15 is 0 Å². The number of nitrogens with zero attached hydrogens (tertiary/aromatic N) is 1. The van der Waals surface area contributed by atoms with E-state index in [1.54, 1.807) is 25.1 Å². The molecule has 124 valence electrons. The molecule has 0 saturated carbocycles. The number of hydrogen-bond acceptors (Lipinski definition) is 3. The van der Waals surface area contributed by atoms with Crippen molar-refractivity contribution in [3.63, 3.8) is 0 Å². The molecule has 1 aromatic rings. The summed E-state index contributed by atoms with van der Waals surface area (Å²) in [5.74, 6) is -3.44. The van der Waals surface area contributed by atoms with Gasteiger partial charge in [0.15, 0.2) is 0 Å². The van der Waals surface area contributed by atoms with Crippen molar-refractivity contribution in [2.45, 2.75) is 37.5 Å². The number of hydrogen-bond donors (Lipinski definition) is 0. The summed E-state index contributed by atoms with van der Waals surface area (Å²) in [4.78, 5) is 24.8. The van der Waals surface area contributed by atoms with Crippen LogP contribution in [0.1, 0.15) is 36.4 Å². The maximum atomic E-state index is 13.1. The SMILES string of the molecule is COC(=O)[C@@H]1[C@H]2C[C@@H](C)[C@H](c3ccccc32)N1C(=O)C(F)(F)F. The van der Waals surface area contributed by atoms with Gasteiger partial charge in [0, 0.05) is 5.92 Å². The van der Waals surface area contributed by atoms with Crippen LogP contribution in [-0.4, -0.2) is 36.1 Å². The van der Waals surface area contributed by atoms with Gasteiger partial charge in [-0.15, -0.1) is 0 Å². The number of fused-ring (bicyclic) bond motifs is 2. The Bertz CT molecular complexity index is 658. The monoisotopic (exact) mass is 327 g/mol.